The van der Waals surface area contributed by atoms with Gasteiger partial charge in [0.05, 0.1) is 5.69 Å². The minimum Gasteiger partial charge on any atom is -0.339 e. The Hall–Kier alpha value is -4.21. The highest BCUT2D eigenvalue weighted by atomic mass is 32.2. The second-order valence-corrected chi connectivity index (χ2v) is 14.1. The lowest BCUT2D eigenvalue weighted by molar-refractivity contribution is -0.119. The zero-order chi connectivity index (χ0) is 29.0. The minimum absolute atomic E-state index is 0.158. The van der Waals surface area contributed by atoms with Crippen molar-refractivity contribution in [2.75, 3.05) is 23.3 Å². The Morgan fingerprint density at radius 3 is 2.52 bits per heavy atom. The minimum atomic E-state index is -3.68. The largest absolute Gasteiger partial charge is 0.339 e. The molecule has 1 saturated carbocycles. The van der Waals surface area contributed by atoms with Crippen LogP contribution < -0.4 is 9.21 Å². The molecule has 1 N–H and O–H groups in total. The second-order valence-electron chi connectivity index (χ2n) is 10.9. The number of carbonyl (C=O) groups excluding carboxylic acids is 1. The number of pyridine rings is 1. The number of carbonyl (C=O) groups is 1. The van der Waals surface area contributed by atoms with E-state index in [1.165, 1.54) is 21.2 Å². The number of aromatic amines is 1. The average molecular weight is 595 g/mol. The molecule has 2 aromatic carbocycles. The van der Waals surface area contributed by atoms with Crippen molar-refractivity contribution in [2.45, 2.75) is 29.9 Å². The van der Waals surface area contributed by atoms with E-state index in [4.69, 9.17) is 4.98 Å². The molecule has 3 aromatic heterocycles. The van der Waals surface area contributed by atoms with Crippen LogP contribution >= 0.6 is 11.3 Å². The first kappa shape index (κ1) is 26.7. The van der Waals surface area contributed by atoms with E-state index in [1.54, 1.807) is 29.5 Å². The average Bonchev–Trinajstić information content (AvgIpc) is 3.58. The highest BCUT2D eigenvalue weighted by molar-refractivity contribution is 7.94. The van der Waals surface area contributed by atoms with Crippen LogP contribution in [-0.4, -0.2) is 38.4 Å². The van der Waals surface area contributed by atoms with Crippen LogP contribution in [0, 0.1) is 5.92 Å². The molecule has 0 unspecified atom stereocenters. The van der Waals surface area contributed by atoms with Crippen molar-refractivity contribution in [3.63, 3.8) is 0 Å². The lowest BCUT2D eigenvalue weighted by Gasteiger charge is -2.20. The number of aromatic nitrogens is 2. The van der Waals surface area contributed by atoms with Crippen LogP contribution in [0.5, 0.6) is 0 Å². The third-order valence-electron chi connectivity index (χ3n) is 8.24. The second kappa shape index (κ2) is 10.3. The summed E-state index contributed by atoms with van der Waals surface area (Å²) in [6.07, 6.45) is 12.1. The van der Waals surface area contributed by atoms with Crippen molar-refractivity contribution in [1.29, 1.82) is 0 Å². The molecule has 0 aliphatic heterocycles. The van der Waals surface area contributed by atoms with E-state index in [-0.39, 0.29) is 11.8 Å². The molecule has 212 valence electrons. The number of H-pyrrole nitrogens is 1. The molecule has 7 nitrogen and oxygen atoms in total. The maximum absolute atomic E-state index is 13.3. The summed E-state index contributed by atoms with van der Waals surface area (Å²) in [5.41, 5.74) is 7.40. The first-order chi connectivity index (χ1) is 20.3. The Labute approximate surface area is 248 Å². The van der Waals surface area contributed by atoms with E-state index in [0.29, 0.717) is 9.90 Å². The fraction of sp³-hybridized carbons (Fsp3) is 0.212. The summed E-state index contributed by atoms with van der Waals surface area (Å²) in [5, 5.41) is 3.66. The molecule has 0 spiro atoms. The van der Waals surface area contributed by atoms with E-state index >= 15 is 0 Å². The number of rotatable bonds is 7. The highest BCUT2D eigenvalue weighted by Gasteiger charge is 2.32. The van der Waals surface area contributed by atoms with Gasteiger partial charge in [-0.1, -0.05) is 36.4 Å². The zero-order valence-corrected chi connectivity index (χ0v) is 25.0. The Kier molecular flexibility index (Phi) is 6.51. The summed E-state index contributed by atoms with van der Waals surface area (Å²) in [4.78, 5) is 22.7. The van der Waals surface area contributed by atoms with Gasteiger partial charge in [0, 0.05) is 53.8 Å². The topological polar surface area (TPSA) is 86.4 Å². The first-order valence-corrected chi connectivity index (χ1v) is 16.4. The fourth-order valence-corrected chi connectivity index (χ4v) is 8.03. The lowest BCUT2D eigenvalue weighted by atomic mass is 9.88. The summed E-state index contributed by atoms with van der Waals surface area (Å²) in [6.45, 7) is 0. The molecule has 5 aromatic rings. The van der Waals surface area contributed by atoms with Gasteiger partial charge in [0.2, 0.25) is 5.91 Å². The van der Waals surface area contributed by atoms with Crippen LogP contribution in [0.1, 0.15) is 31.2 Å². The highest BCUT2D eigenvalue weighted by Crippen LogP contribution is 2.42. The van der Waals surface area contributed by atoms with Gasteiger partial charge < -0.3 is 9.88 Å². The van der Waals surface area contributed by atoms with Crippen molar-refractivity contribution in [3.05, 3.63) is 90.0 Å². The Balaban J connectivity index is 1.38. The van der Waals surface area contributed by atoms with E-state index in [9.17, 15) is 13.2 Å². The molecule has 0 radical (unpaired) electrons. The predicted molar refractivity (Wildman–Crippen MR) is 171 cm³/mol. The molecular formula is C33H30N4O3S2. The molecular weight excluding hydrogens is 565 g/mol. The van der Waals surface area contributed by atoms with Crippen LogP contribution in [0.2, 0.25) is 0 Å². The van der Waals surface area contributed by atoms with Crippen molar-refractivity contribution in [3.8, 4) is 11.1 Å². The summed E-state index contributed by atoms with van der Waals surface area (Å²) in [5.74, 6) is 0.330. The monoisotopic (exact) mass is 594 g/mol. The van der Waals surface area contributed by atoms with Gasteiger partial charge in [-0.3, -0.25) is 9.10 Å². The third-order valence-corrected chi connectivity index (χ3v) is 11.4. The standard InChI is InChI=1S/C33H30N4O3S2/c1-36(33(38)23-10-11-23)24-14-12-21(13-15-24)27-20-34-32-31(30(27)22-7-4-3-5-8-22)26-19-25(16-17-28(26)35-32)37(2)42(39,40)29-9-6-18-41-29/h3-4,6-7,9,12-20,23H,5,8,10-11H2,1-2H3,(H,34,35). The molecule has 2 aliphatic rings. The number of benzene rings is 2. The lowest BCUT2D eigenvalue weighted by Crippen LogP contribution is -2.27. The van der Waals surface area contributed by atoms with E-state index in [1.807, 2.05) is 43.6 Å². The number of nitrogens with zero attached hydrogens (tertiary/aromatic N) is 3. The molecule has 1 amide bonds. The summed E-state index contributed by atoms with van der Waals surface area (Å²) >= 11 is 1.21. The van der Waals surface area contributed by atoms with Crippen molar-refractivity contribution >= 4 is 66.2 Å². The summed E-state index contributed by atoms with van der Waals surface area (Å²) in [7, 11) is -0.243. The molecule has 1 fully saturated rings. The van der Waals surface area contributed by atoms with Crippen LogP contribution in [0.4, 0.5) is 11.4 Å². The van der Waals surface area contributed by atoms with Gasteiger partial charge in [-0.15, -0.1) is 11.3 Å². The van der Waals surface area contributed by atoms with E-state index < -0.39 is 10.0 Å². The number of fused-ring (bicyclic) bond motifs is 3. The van der Waals surface area contributed by atoms with E-state index in [2.05, 4.69) is 35.3 Å². The van der Waals surface area contributed by atoms with Crippen LogP contribution in [-0.2, 0) is 14.8 Å². The van der Waals surface area contributed by atoms with Gasteiger partial charge >= 0.3 is 0 Å². The normalized spacial score (nSPS) is 15.2. The van der Waals surface area contributed by atoms with Crippen LogP contribution in [0.25, 0.3) is 38.6 Å². The quantitative estimate of drug-likeness (QED) is 0.213. The molecule has 9 heteroatoms. The van der Waals surface area contributed by atoms with Gasteiger partial charge in [0.15, 0.2) is 0 Å². The van der Waals surface area contributed by atoms with Crippen molar-refractivity contribution < 1.29 is 13.2 Å². The van der Waals surface area contributed by atoms with Crippen molar-refractivity contribution in [2.24, 2.45) is 5.92 Å². The predicted octanol–water partition coefficient (Wildman–Crippen LogP) is 7.38. The zero-order valence-electron chi connectivity index (χ0n) is 23.4. The van der Waals surface area contributed by atoms with Gasteiger partial charge in [-0.05, 0) is 84.2 Å². The number of allylic oxidation sites excluding steroid dienone is 4. The molecule has 0 atom stereocenters. The summed E-state index contributed by atoms with van der Waals surface area (Å²) < 4.78 is 28.3. The molecule has 3 heterocycles. The molecule has 0 saturated heterocycles. The van der Waals surface area contributed by atoms with Gasteiger partial charge in [-0.25, -0.2) is 13.4 Å². The number of amides is 1. The SMILES string of the molecule is CN(C(=O)C1CC1)c1ccc(-c2cnc3[nH]c4ccc(N(C)S(=O)(=O)c5cccs5)cc4c3c2C2=CC=CCC2)cc1. The van der Waals surface area contributed by atoms with Gasteiger partial charge in [0.1, 0.15) is 9.86 Å². The maximum Gasteiger partial charge on any atom is 0.273 e. The van der Waals surface area contributed by atoms with Crippen LogP contribution in [0.15, 0.2) is 88.6 Å². The third kappa shape index (κ3) is 4.53. The number of anilines is 2. The fourth-order valence-electron chi connectivity index (χ4n) is 5.68. The van der Waals surface area contributed by atoms with Gasteiger partial charge in [0.25, 0.3) is 10.0 Å². The Morgan fingerprint density at radius 1 is 1.05 bits per heavy atom. The van der Waals surface area contributed by atoms with Crippen molar-refractivity contribution in [1.82, 2.24) is 9.97 Å². The van der Waals surface area contributed by atoms with Crippen LogP contribution in [0.3, 0.4) is 0 Å². The number of thiophene rings is 1. The van der Waals surface area contributed by atoms with Gasteiger partial charge in [-0.2, -0.15) is 0 Å². The maximum atomic E-state index is 13.3. The number of hydrogen-bond donors (Lipinski definition) is 1. The smallest absolute Gasteiger partial charge is 0.273 e. The molecule has 7 rings (SSSR count). The Morgan fingerprint density at radius 2 is 1.83 bits per heavy atom. The van der Waals surface area contributed by atoms with E-state index in [0.717, 1.165) is 70.0 Å². The number of sulfonamides is 1. The molecule has 0 bridgehead atoms. The molecule has 2 aliphatic carbocycles. The number of nitrogens with one attached hydrogen (secondary N) is 1. The summed E-state index contributed by atoms with van der Waals surface area (Å²) in [6, 6.07) is 17.2. The number of hydrogen-bond acceptors (Lipinski definition) is 5. The first-order valence-electron chi connectivity index (χ1n) is 14.0. The molecule has 42 heavy (non-hydrogen) atoms. The Bertz CT molecular complexity index is 2000.